The number of benzene rings is 12. The number of nitrogens with zero attached hydrogens (tertiary/aromatic N) is 1. The summed E-state index contributed by atoms with van der Waals surface area (Å²) in [5, 5.41) is 12.0. The molecule has 0 bridgehead atoms. The number of para-hydroxylation sites is 1. The van der Waals surface area contributed by atoms with Crippen LogP contribution < -0.4 is 4.90 Å². The number of furan rings is 1. The van der Waals surface area contributed by atoms with Crippen LogP contribution in [0.4, 0.5) is 17.1 Å². The first-order chi connectivity index (χ1) is 32.7. The second-order valence-electron chi connectivity index (χ2n) is 17.2. The summed E-state index contributed by atoms with van der Waals surface area (Å²) in [6, 6.07) is 90.2. The lowest BCUT2D eigenvalue weighted by atomic mass is 9.91. The van der Waals surface area contributed by atoms with Crippen molar-refractivity contribution in [2.75, 3.05) is 4.90 Å². The van der Waals surface area contributed by atoms with Gasteiger partial charge in [-0.3, -0.25) is 0 Å². The molecule has 1 aromatic heterocycles. The van der Waals surface area contributed by atoms with Crippen LogP contribution in [-0.4, -0.2) is 0 Å². The van der Waals surface area contributed by atoms with Gasteiger partial charge in [-0.05, 0) is 143 Å². The molecule has 0 amide bonds. The summed E-state index contributed by atoms with van der Waals surface area (Å²) in [6.07, 6.45) is 0. The maximum Gasteiger partial charge on any atom is 0.145 e. The van der Waals surface area contributed by atoms with Gasteiger partial charge in [-0.2, -0.15) is 0 Å². The third-order valence-electron chi connectivity index (χ3n) is 13.4. The zero-order chi connectivity index (χ0) is 43.6. The number of fused-ring (bicyclic) bond motifs is 9. The van der Waals surface area contributed by atoms with Gasteiger partial charge >= 0.3 is 0 Å². The topological polar surface area (TPSA) is 16.4 Å². The molecule has 0 aliphatic rings. The van der Waals surface area contributed by atoms with E-state index in [0.29, 0.717) is 0 Å². The third kappa shape index (κ3) is 6.26. The number of rotatable bonds is 7. The van der Waals surface area contributed by atoms with Gasteiger partial charge in [-0.25, -0.2) is 0 Å². The summed E-state index contributed by atoms with van der Waals surface area (Å²) >= 11 is 0. The van der Waals surface area contributed by atoms with Gasteiger partial charge in [-0.15, -0.1) is 0 Å². The Morgan fingerprint density at radius 3 is 1.48 bits per heavy atom. The van der Waals surface area contributed by atoms with Gasteiger partial charge in [0.15, 0.2) is 0 Å². The largest absolute Gasteiger partial charge is 0.455 e. The fraction of sp³-hybridized carbons (Fsp3) is 0. The molecule has 66 heavy (non-hydrogen) atoms. The van der Waals surface area contributed by atoms with Gasteiger partial charge in [0, 0.05) is 22.3 Å². The molecule has 0 fully saturated rings. The predicted molar refractivity (Wildman–Crippen MR) is 280 cm³/mol. The lowest BCUT2D eigenvalue weighted by molar-refractivity contribution is 0.670. The van der Waals surface area contributed by atoms with E-state index in [-0.39, 0.29) is 0 Å². The van der Waals surface area contributed by atoms with Crippen LogP contribution in [0, 0.1) is 0 Å². The first kappa shape index (κ1) is 37.8. The fourth-order valence-electron chi connectivity index (χ4n) is 10.3. The summed E-state index contributed by atoms with van der Waals surface area (Å²) in [6.45, 7) is 0. The molecular formula is C64H41NO. The van der Waals surface area contributed by atoms with Gasteiger partial charge in [0.25, 0.3) is 0 Å². The van der Waals surface area contributed by atoms with E-state index in [2.05, 4.69) is 254 Å². The molecule has 0 unspecified atom stereocenters. The molecule has 0 spiro atoms. The van der Waals surface area contributed by atoms with Gasteiger partial charge in [-0.1, -0.05) is 188 Å². The van der Waals surface area contributed by atoms with E-state index in [0.717, 1.165) is 61.3 Å². The van der Waals surface area contributed by atoms with Crippen molar-refractivity contribution in [2.45, 2.75) is 0 Å². The van der Waals surface area contributed by atoms with Crippen LogP contribution in [0.1, 0.15) is 0 Å². The maximum absolute atomic E-state index is 7.04. The van der Waals surface area contributed by atoms with E-state index in [4.69, 9.17) is 4.42 Å². The quantitative estimate of drug-likeness (QED) is 0.149. The van der Waals surface area contributed by atoms with E-state index in [1.54, 1.807) is 0 Å². The molecule has 13 rings (SSSR count). The molecule has 13 aromatic rings. The van der Waals surface area contributed by atoms with Crippen molar-refractivity contribution in [2.24, 2.45) is 0 Å². The first-order valence-corrected chi connectivity index (χ1v) is 22.7. The van der Waals surface area contributed by atoms with Crippen molar-refractivity contribution in [1.82, 2.24) is 0 Å². The predicted octanol–water partition coefficient (Wildman–Crippen LogP) is 18.3. The Balaban J connectivity index is 1.04. The first-order valence-electron chi connectivity index (χ1n) is 22.7. The Morgan fingerprint density at radius 2 is 0.788 bits per heavy atom. The summed E-state index contributed by atoms with van der Waals surface area (Å²) in [5.74, 6) is 0. The molecule has 0 N–H and O–H groups in total. The monoisotopic (exact) mass is 839 g/mol. The van der Waals surface area contributed by atoms with Crippen molar-refractivity contribution in [3.8, 4) is 44.5 Å². The molecule has 308 valence electrons. The SMILES string of the molecule is c1ccc(-c2cccc(-c3ccc(N(c4cccc(-c5cc6ccccc6c6ccccc56)c4)c4ccc(-c5cc6ccccc6c6ccccc56)c5oc6ccccc6c45)cc3)c2)cc1. The number of anilines is 3. The Hall–Kier alpha value is -8.72. The van der Waals surface area contributed by atoms with Crippen LogP contribution >= 0.6 is 0 Å². The standard InChI is InChI=1S/C64H41NO/c1-2-16-42(17-3-1)44-20-14-21-45(38-44)43-32-34-49(35-33-43)65(50-23-15-22-46(39-50)59-40-47-18-4-6-24-51(47)53-26-8-10-28-55(53)59)61-37-36-57(64-63(61)58-30-12-13-31-62(58)66-64)60-41-48-19-5-7-25-52(48)54-27-9-11-29-56(54)60/h1-41H. The van der Waals surface area contributed by atoms with Crippen LogP contribution in [0.25, 0.3) is 110 Å². The Kier molecular flexibility index (Phi) is 8.89. The van der Waals surface area contributed by atoms with Crippen LogP contribution in [0.2, 0.25) is 0 Å². The van der Waals surface area contributed by atoms with Crippen molar-refractivity contribution < 1.29 is 4.42 Å². The molecule has 0 atom stereocenters. The van der Waals surface area contributed by atoms with Gasteiger partial charge in [0.2, 0.25) is 0 Å². The highest BCUT2D eigenvalue weighted by molar-refractivity contribution is 6.21. The zero-order valence-corrected chi connectivity index (χ0v) is 36.0. The Morgan fingerprint density at radius 1 is 0.273 bits per heavy atom. The molecule has 1 heterocycles. The Bertz CT molecular complexity index is 3990. The summed E-state index contributed by atoms with van der Waals surface area (Å²) < 4.78 is 7.04. The average Bonchev–Trinajstić information content (AvgIpc) is 3.79. The molecule has 2 nitrogen and oxygen atoms in total. The van der Waals surface area contributed by atoms with Crippen LogP contribution in [0.15, 0.2) is 253 Å². The minimum atomic E-state index is 0.858. The average molecular weight is 840 g/mol. The lowest BCUT2D eigenvalue weighted by Crippen LogP contribution is -2.10. The van der Waals surface area contributed by atoms with E-state index >= 15 is 0 Å². The van der Waals surface area contributed by atoms with Gasteiger partial charge < -0.3 is 9.32 Å². The van der Waals surface area contributed by atoms with Gasteiger partial charge in [0.05, 0.1) is 11.1 Å². The maximum atomic E-state index is 7.04. The highest BCUT2D eigenvalue weighted by Gasteiger charge is 2.24. The highest BCUT2D eigenvalue weighted by Crippen LogP contribution is 2.49. The van der Waals surface area contributed by atoms with Crippen molar-refractivity contribution in [3.63, 3.8) is 0 Å². The van der Waals surface area contributed by atoms with Crippen LogP contribution in [0.3, 0.4) is 0 Å². The Labute approximate surface area is 382 Å². The minimum absolute atomic E-state index is 0.858. The molecule has 0 aliphatic heterocycles. The minimum Gasteiger partial charge on any atom is -0.455 e. The van der Waals surface area contributed by atoms with Crippen LogP contribution in [-0.2, 0) is 0 Å². The number of hydrogen-bond acceptors (Lipinski definition) is 2. The second kappa shape index (κ2) is 15.5. The van der Waals surface area contributed by atoms with E-state index in [1.165, 1.54) is 65.3 Å². The molecular weight excluding hydrogens is 799 g/mol. The second-order valence-corrected chi connectivity index (χ2v) is 17.2. The summed E-state index contributed by atoms with van der Waals surface area (Å²) in [5.41, 5.74) is 14.2. The molecule has 0 saturated heterocycles. The normalized spacial score (nSPS) is 11.6. The molecule has 0 saturated carbocycles. The lowest BCUT2D eigenvalue weighted by Gasteiger charge is -2.27. The zero-order valence-electron chi connectivity index (χ0n) is 36.0. The van der Waals surface area contributed by atoms with Gasteiger partial charge in [0.1, 0.15) is 11.2 Å². The van der Waals surface area contributed by atoms with Crippen LogP contribution in [0.5, 0.6) is 0 Å². The van der Waals surface area contributed by atoms with Crippen molar-refractivity contribution in [1.29, 1.82) is 0 Å². The molecule has 12 aromatic carbocycles. The van der Waals surface area contributed by atoms with Crippen molar-refractivity contribution >= 4 is 82.1 Å². The number of hydrogen-bond donors (Lipinski definition) is 0. The summed E-state index contributed by atoms with van der Waals surface area (Å²) in [7, 11) is 0. The summed E-state index contributed by atoms with van der Waals surface area (Å²) in [4.78, 5) is 2.42. The molecule has 0 radical (unpaired) electrons. The van der Waals surface area contributed by atoms with Crippen molar-refractivity contribution in [3.05, 3.63) is 249 Å². The third-order valence-corrected chi connectivity index (χ3v) is 13.4. The van der Waals surface area contributed by atoms with E-state index in [9.17, 15) is 0 Å². The molecule has 2 heteroatoms. The highest BCUT2D eigenvalue weighted by atomic mass is 16.3. The molecule has 0 aliphatic carbocycles. The van der Waals surface area contributed by atoms with E-state index in [1.807, 2.05) is 0 Å². The smallest absolute Gasteiger partial charge is 0.145 e. The van der Waals surface area contributed by atoms with E-state index < -0.39 is 0 Å². The fourth-order valence-corrected chi connectivity index (χ4v) is 10.3.